The summed E-state index contributed by atoms with van der Waals surface area (Å²) in [6.07, 6.45) is 4.82. The highest BCUT2D eigenvalue weighted by molar-refractivity contribution is 5.29. The minimum absolute atomic E-state index is 0.228. The summed E-state index contributed by atoms with van der Waals surface area (Å²) in [6, 6.07) is 10.4. The lowest BCUT2D eigenvalue weighted by Gasteiger charge is -2.30. The van der Waals surface area contributed by atoms with Crippen molar-refractivity contribution in [3.05, 3.63) is 35.4 Å². The van der Waals surface area contributed by atoms with Crippen molar-refractivity contribution in [2.45, 2.75) is 76.9 Å². The molecule has 0 amide bonds. The van der Waals surface area contributed by atoms with Crippen molar-refractivity contribution in [3.63, 3.8) is 0 Å². The smallest absolute Gasteiger partial charge is 0.0294 e. The maximum atomic E-state index is 6.07. The second-order valence-electron chi connectivity index (χ2n) is 7.38. The monoisotopic (exact) mass is 274 g/mol. The van der Waals surface area contributed by atoms with Crippen molar-refractivity contribution < 1.29 is 0 Å². The lowest BCUT2D eigenvalue weighted by atomic mass is 9.86. The predicted octanol–water partition coefficient (Wildman–Crippen LogP) is 3.90. The summed E-state index contributed by atoms with van der Waals surface area (Å²) in [7, 11) is 0. The van der Waals surface area contributed by atoms with Gasteiger partial charge in [-0.25, -0.2) is 0 Å². The number of nitrogens with one attached hydrogen (secondary N) is 1. The zero-order chi connectivity index (χ0) is 14.8. The summed E-state index contributed by atoms with van der Waals surface area (Å²) in [5, 5.41) is 3.74. The molecule has 2 heteroatoms. The van der Waals surface area contributed by atoms with Crippen LogP contribution in [-0.4, -0.2) is 12.1 Å². The fraction of sp³-hybridized carbons (Fsp3) is 0.667. The Bertz CT molecular complexity index is 416. The molecule has 3 atom stereocenters. The Morgan fingerprint density at radius 3 is 2.35 bits per heavy atom. The summed E-state index contributed by atoms with van der Waals surface area (Å²) >= 11 is 0. The van der Waals surface area contributed by atoms with Crippen LogP contribution in [0.15, 0.2) is 24.3 Å². The molecule has 0 aromatic heterocycles. The van der Waals surface area contributed by atoms with Gasteiger partial charge >= 0.3 is 0 Å². The third-order valence-corrected chi connectivity index (χ3v) is 4.48. The highest BCUT2D eigenvalue weighted by Crippen LogP contribution is 2.25. The van der Waals surface area contributed by atoms with Crippen LogP contribution in [0.2, 0.25) is 0 Å². The number of benzene rings is 1. The SMILES string of the molecule is CC(NC1CCCC(N)C1)c1ccc(C(C)(C)C)cc1. The van der Waals surface area contributed by atoms with Crippen LogP contribution in [0, 0.1) is 0 Å². The predicted molar refractivity (Wildman–Crippen MR) is 86.9 cm³/mol. The van der Waals surface area contributed by atoms with Crippen LogP contribution in [0.3, 0.4) is 0 Å². The Kier molecular flexibility index (Phi) is 4.87. The van der Waals surface area contributed by atoms with Crippen LogP contribution in [0.5, 0.6) is 0 Å². The summed E-state index contributed by atoms with van der Waals surface area (Å²) in [5.74, 6) is 0. The van der Waals surface area contributed by atoms with Gasteiger partial charge in [-0.1, -0.05) is 51.5 Å². The van der Waals surface area contributed by atoms with Gasteiger partial charge in [0.2, 0.25) is 0 Å². The Labute approximate surface area is 124 Å². The molecule has 2 rings (SSSR count). The quantitative estimate of drug-likeness (QED) is 0.877. The molecule has 112 valence electrons. The molecule has 3 N–H and O–H groups in total. The van der Waals surface area contributed by atoms with E-state index >= 15 is 0 Å². The molecular weight excluding hydrogens is 244 g/mol. The van der Waals surface area contributed by atoms with Gasteiger partial charge in [0.25, 0.3) is 0 Å². The van der Waals surface area contributed by atoms with Gasteiger partial charge in [-0.3, -0.25) is 0 Å². The van der Waals surface area contributed by atoms with E-state index < -0.39 is 0 Å². The highest BCUT2D eigenvalue weighted by Gasteiger charge is 2.21. The van der Waals surface area contributed by atoms with Crippen LogP contribution in [0.4, 0.5) is 0 Å². The average molecular weight is 274 g/mol. The molecule has 0 radical (unpaired) electrons. The molecule has 0 spiro atoms. The molecule has 2 nitrogen and oxygen atoms in total. The number of hydrogen-bond acceptors (Lipinski definition) is 2. The fourth-order valence-corrected chi connectivity index (χ4v) is 3.10. The minimum atomic E-state index is 0.228. The maximum Gasteiger partial charge on any atom is 0.0294 e. The van der Waals surface area contributed by atoms with E-state index in [0.29, 0.717) is 18.1 Å². The van der Waals surface area contributed by atoms with E-state index in [2.05, 4.69) is 57.3 Å². The van der Waals surface area contributed by atoms with E-state index in [0.717, 1.165) is 6.42 Å². The Balaban J connectivity index is 1.97. The molecular formula is C18H30N2. The summed E-state index contributed by atoms with van der Waals surface area (Å²) in [4.78, 5) is 0. The Morgan fingerprint density at radius 2 is 1.80 bits per heavy atom. The first kappa shape index (κ1) is 15.5. The van der Waals surface area contributed by atoms with Crippen LogP contribution in [-0.2, 0) is 5.41 Å². The lowest BCUT2D eigenvalue weighted by molar-refractivity contribution is 0.319. The lowest BCUT2D eigenvalue weighted by Crippen LogP contribution is -2.40. The standard InChI is InChI=1S/C18H30N2/c1-13(20-17-7-5-6-16(19)12-17)14-8-10-15(11-9-14)18(2,3)4/h8-11,13,16-17,20H,5-7,12,19H2,1-4H3. The van der Waals surface area contributed by atoms with E-state index in [4.69, 9.17) is 5.73 Å². The van der Waals surface area contributed by atoms with Gasteiger partial charge in [-0.15, -0.1) is 0 Å². The molecule has 3 unspecified atom stereocenters. The van der Waals surface area contributed by atoms with Crippen molar-refractivity contribution >= 4 is 0 Å². The Hall–Kier alpha value is -0.860. The van der Waals surface area contributed by atoms with Crippen molar-refractivity contribution in [1.29, 1.82) is 0 Å². The fourth-order valence-electron chi connectivity index (χ4n) is 3.10. The van der Waals surface area contributed by atoms with Gasteiger partial charge in [0, 0.05) is 18.1 Å². The third kappa shape index (κ3) is 4.07. The molecule has 1 saturated carbocycles. The zero-order valence-electron chi connectivity index (χ0n) is 13.4. The van der Waals surface area contributed by atoms with Crippen LogP contribution < -0.4 is 11.1 Å². The summed E-state index contributed by atoms with van der Waals surface area (Å²) in [5.41, 5.74) is 9.06. The van der Waals surface area contributed by atoms with E-state index in [1.165, 1.54) is 30.4 Å². The van der Waals surface area contributed by atoms with E-state index in [-0.39, 0.29) is 5.41 Å². The Morgan fingerprint density at radius 1 is 1.15 bits per heavy atom. The van der Waals surface area contributed by atoms with Gasteiger partial charge < -0.3 is 11.1 Å². The normalized spacial score (nSPS) is 25.4. The first-order valence-electron chi connectivity index (χ1n) is 7.98. The third-order valence-electron chi connectivity index (χ3n) is 4.48. The molecule has 1 fully saturated rings. The zero-order valence-corrected chi connectivity index (χ0v) is 13.4. The molecule has 0 saturated heterocycles. The summed E-state index contributed by atoms with van der Waals surface area (Å²) in [6.45, 7) is 9.03. The second kappa shape index (κ2) is 6.28. The van der Waals surface area contributed by atoms with E-state index in [9.17, 15) is 0 Å². The molecule has 0 heterocycles. The number of hydrogen-bond donors (Lipinski definition) is 2. The molecule has 1 aliphatic carbocycles. The number of rotatable bonds is 3. The van der Waals surface area contributed by atoms with Gasteiger partial charge in [0.05, 0.1) is 0 Å². The first-order valence-corrected chi connectivity index (χ1v) is 7.98. The van der Waals surface area contributed by atoms with E-state index in [1.807, 2.05) is 0 Å². The van der Waals surface area contributed by atoms with Crippen molar-refractivity contribution in [2.75, 3.05) is 0 Å². The second-order valence-corrected chi connectivity index (χ2v) is 7.38. The van der Waals surface area contributed by atoms with Crippen molar-refractivity contribution in [2.24, 2.45) is 5.73 Å². The molecule has 1 aromatic rings. The minimum Gasteiger partial charge on any atom is -0.328 e. The molecule has 20 heavy (non-hydrogen) atoms. The van der Waals surface area contributed by atoms with Gasteiger partial charge in [-0.2, -0.15) is 0 Å². The van der Waals surface area contributed by atoms with Gasteiger partial charge in [-0.05, 0) is 42.7 Å². The van der Waals surface area contributed by atoms with E-state index in [1.54, 1.807) is 0 Å². The van der Waals surface area contributed by atoms with Crippen LogP contribution in [0.25, 0.3) is 0 Å². The van der Waals surface area contributed by atoms with Crippen molar-refractivity contribution in [3.8, 4) is 0 Å². The molecule has 0 aliphatic heterocycles. The molecule has 0 bridgehead atoms. The number of nitrogens with two attached hydrogens (primary N) is 1. The topological polar surface area (TPSA) is 38.0 Å². The first-order chi connectivity index (χ1) is 9.36. The average Bonchev–Trinajstić information content (AvgIpc) is 2.38. The maximum absolute atomic E-state index is 6.07. The molecule has 1 aromatic carbocycles. The summed E-state index contributed by atoms with van der Waals surface area (Å²) < 4.78 is 0. The van der Waals surface area contributed by atoms with Gasteiger partial charge in [0.1, 0.15) is 0 Å². The van der Waals surface area contributed by atoms with Gasteiger partial charge in [0.15, 0.2) is 0 Å². The van der Waals surface area contributed by atoms with Crippen LogP contribution in [0.1, 0.15) is 70.5 Å². The van der Waals surface area contributed by atoms with Crippen molar-refractivity contribution in [1.82, 2.24) is 5.32 Å². The molecule has 1 aliphatic rings. The van der Waals surface area contributed by atoms with Crippen LogP contribution >= 0.6 is 0 Å². The highest BCUT2D eigenvalue weighted by atomic mass is 15.0. The largest absolute Gasteiger partial charge is 0.328 e.